The van der Waals surface area contributed by atoms with Gasteiger partial charge in [0.25, 0.3) is 5.91 Å². The molecule has 0 saturated heterocycles. The number of thioether (sulfide) groups is 1. The third-order valence-electron chi connectivity index (χ3n) is 3.00. The first kappa shape index (κ1) is 18.4. The molecule has 0 fully saturated rings. The van der Waals surface area contributed by atoms with Gasteiger partial charge in [0.1, 0.15) is 12.4 Å². The zero-order chi connectivity index (χ0) is 17.2. The van der Waals surface area contributed by atoms with Crippen LogP contribution in [0.15, 0.2) is 57.9 Å². The van der Waals surface area contributed by atoms with Crippen LogP contribution in [0, 0.1) is 11.8 Å². The molecule has 0 heterocycles. The summed E-state index contributed by atoms with van der Waals surface area (Å²) in [6, 6.07) is 15.2. The molecule has 0 aromatic heterocycles. The maximum absolute atomic E-state index is 12.2. The van der Waals surface area contributed by atoms with Gasteiger partial charge < -0.3 is 10.1 Å². The number of benzene rings is 2. The summed E-state index contributed by atoms with van der Waals surface area (Å²) in [5.74, 6) is 7.37. The number of rotatable bonds is 6. The largest absolute Gasteiger partial charge is 0.481 e. The first-order valence-corrected chi connectivity index (χ1v) is 9.32. The highest BCUT2D eigenvalue weighted by atomic mass is 79.9. The average Bonchev–Trinajstić information content (AvgIpc) is 2.58. The molecule has 0 aliphatic heterocycles. The average molecular weight is 404 g/mol. The van der Waals surface area contributed by atoms with Crippen molar-refractivity contribution < 1.29 is 9.53 Å². The maximum atomic E-state index is 12.2. The number of halogens is 1. The maximum Gasteiger partial charge on any atom is 0.253 e. The van der Waals surface area contributed by atoms with Crippen molar-refractivity contribution in [3.8, 4) is 17.6 Å². The number of nitrogens with one attached hydrogen (secondary N) is 1. The van der Waals surface area contributed by atoms with Crippen LogP contribution in [0.2, 0.25) is 0 Å². The van der Waals surface area contributed by atoms with Crippen LogP contribution >= 0.6 is 27.7 Å². The van der Waals surface area contributed by atoms with Crippen molar-refractivity contribution in [3.63, 3.8) is 0 Å². The van der Waals surface area contributed by atoms with Crippen LogP contribution in [0.25, 0.3) is 0 Å². The topological polar surface area (TPSA) is 38.3 Å². The van der Waals surface area contributed by atoms with Crippen molar-refractivity contribution in [1.82, 2.24) is 5.32 Å². The molecule has 2 aromatic carbocycles. The molecule has 24 heavy (non-hydrogen) atoms. The SMILES string of the molecule is CCSc1ccccc1C(=O)NCC#CCOc1cccc(Br)c1. The molecule has 1 amide bonds. The van der Waals surface area contributed by atoms with Gasteiger partial charge in [0.05, 0.1) is 12.1 Å². The van der Waals surface area contributed by atoms with Crippen molar-refractivity contribution in [2.75, 3.05) is 18.9 Å². The van der Waals surface area contributed by atoms with E-state index in [0.717, 1.165) is 20.9 Å². The quantitative estimate of drug-likeness (QED) is 0.574. The Morgan fingerprint density at radius 1 is 1.21 bits per heavy atom. The second kappa shape index (κ2) is 10.1. The highest BCUT2D eigenvalue weighted by Gasteiger charge is 2.09. The van der Waals surface area contributed by atoms with Gasteiger partial charge in [-0.25, -0.2) is 0 Å². The molecule has 0 unspecified atom stereocenters. The smallest absolute Gasteiger partial charge is 0.253 e. The lowest BCUT2D eigenvalue weighted by Crippen LogP contribution is -2.24. The lowest BCUT2D eigenvalue weighted by atomic mass is 10.2. The van der Waals surface area contributed by atoms with Crippen molar-refractivity contribution in [2.45, 2.75) is 11.8 Å². The Morgan fingerprint density at radius 3 is 2.83 bits per heavy atom. The normalized spacial score (nSPS) is 9.75. The number of amides is 1. The second-order valence-electron chi connectivity index (χ2n) is 4.71. The van der Waals surface area contributed by atoms with Crippen LogP contribution in [0.3, 0.4) is 0 Å². The van der Waals surface area contributed by atoms with Crippen molar-refractivity contribution in [2.24, 2.45) is 0 Å². The first-order chi connectivity index (χ1) is 11.7. The van der Waals surface area contributed by atoms with E-state index >= 15 is 0 Å². The fourth-order valence-electron chi connectivity index (χ4n) is 1.95. The van der Waals surface area contributed by atoms with E-state index in [1.165, 1.54) is 0 Å². The van der Waals surface area contributed by atoms with Gasteiger partial charge >= 0.3 is 0 Å². The molecular weight excluding hydrogens is 386 g/mol. The number of carbonyl (C=O) groups is 1. The Hall–Kier alpha value is -1.90. The van der Waals surface area contributed by atoms with E-state index in [9.17, 15) is 4.79 Å². The number of carbonyl (C=O) groups excluding carboxylic acids is 1. The molecule has 0 atom stereocenters. The summed E-state index contributed by atoms with van der Waals surface area (Å²) in [6.45, 7) is 2.65. The van der Waals surface area contributed by atoms with E-state index in [1.54, 1.807) is 11.8 Å². The molecule has 124 valence electrons. The van der Waals surface area contributed by atoms with Crippen LogP contribution in [-0.2, 0) is 0 Å². The van der Waals surface area contributed by atoms with Crippen molar-refractivity contribution in [3.05, 3.63) is 58.6 Å². The van der Waals surface area contributed by atoms with Gasteiger partial charge in [-0.05, 0) is 36.1 Å². The van der Waals surface area contributed by atoms with E-state index < -0.39 is 0 Å². The van der Waals surface area contributed by atoms with Gasteiger partial charge in [0.15, 0.2) is 0 Å². The molecular formula is C19H18BrNO2S. The molecule has 1 N–H and O–H groups in total. The van der Waals surface area contributed by atoms with Crippen molar-refractivity contribution in [1.29, 1.82) is 0 Å². The van der Waals surface area contributed by atoms with Crippen LogP contribution in [0.1, 0.15) is 17.3 Å². The molecule has 0 aliphatic carbocycles. The predicted molar refractivity (Wildman–Crippen MR) is 103 cm³/mol. The molecule has 0 saturated carbocycles. The van der Waals surface area contributed by atoms with Gasteiger partial charge in [-0.3, -0.25) is 4.79 Å². The molecule has 3 nitrogen and oxygen atoms in total. The van der Waals surface area contributed by atoms with E-state index in [4.69, 9.17) is 4.74 Å². The zero-order valence-corrected chi connectivity index (χ0v) is 15.7. The summed E-state index contributed by atoms with van der Waals surface area (Å²) in [5.41, 5.74) is 0.691. The van der Waals surface area contributed by atoms with E-state index in [-0.39, 0.29) is 12.5 Å². The summed E-state index contributed by atoms with van der Waals surface area (Å²) < 4.78 is 6.47. The van der Waals surface area contributed by atoms with Gasteiger partial charge in [-0.2, -0.15) is 0 Å². The van der Waals surface area contributed by atoms with Crippen molar-refractivity contribution >= 4 is 33.6 Å². The van der Waals surface area contributed by atoms with E-state index in [2.05, 4.69) is 40.0 Å². The fourth-order valence-corrected chi connectivity index (χ4v) is 3.13. The molecule has 0 spiro atoms. The number of hydrogen-bond acceptors (Lipinski definition) is 3. The zero-order valence-electron chi connectivity index (χ0n) is 13.3. The summed E-state index contributed by atoms with van der Waals surface area (Å²) in [4.78, 5) is 13.2. The van der Waals surface area contributed by atoms with Gasteiger partial charge in [0.2, 0.25) is 0 Å². The van der Waals surface area contributed by atoms with Gasteiger partial charge in [0, 0.05) is 9.37 Å². The molecule has 5 heteroatoms. The Balaban J connectivity index is 1.79. The lowest BCUT2D eigenvalue weighted by molar-refractivity contribution is 0.0956. The van der Waals surface area contributed by atoms with E-state index in [1.807, 2.05) is 48.5 Å². The van der Waals surface area contributed by atoms with Crippen LogP contribution < -0.4 is 10.1 Å². The minimum absolute atomic E-state index is 0.103. The standard InChI is InChI=1S/C19H18BrNO2S/c1-2-24-18-11-4-3-10-17(18)19(22)21-12-5-6-13-23-16-9-7-8-15(20)14-16/h3-4,7-11,14H,2,12-13H2,1H3,(H,21,22). The molecule has 0 aliphatic rings. The van der Waals surface area contributed by atoms with Gasteiger partial charge in [-0.15, -0.1) is 11.8 Å². The lowest BCUT2D eigenvalue weighted by Gasteiger charge is -2.07. The van der Waals surface area contributed by atoms with Crippen LogP contribution in [0.5, 0.6) is 5.75 Å². The van der Waals surface area contributed by atoms with E-state index in [0.29, 0.717) is 12.1 Å². The Bertz CT molecular complexity index is 752. The summed E-state index contributed by atoms with van der Waals surface area (Å²) in [5, 5.41) is 2.82. The molecule has 2 rings (SSSR count). The van der Waals surface area contributed by atoms with Crippen LogP contribution in [0.4, 0.5) is 0 Å². The summed E-state index contributed by atoms with van der Waals surface area (Å²) >= 11 is 5.04. The third kappa shape index (κ3) is 5.95. The highest BCUT2D eigenvalue weighted by Crippen LogP contribution is 2.22. The van der Waals surface area contributed by atoms with Gasteiger partial charge in [-0.1, -0.05) is 52.9 Å². The fraction of sp³-hybridized carbons (Fsp3) is 0.211. The number of ether oxygens (including phenoxy) is 1. The Kier molecular flexibility index (Phi) is 7.73. The first-order valence-electron chi connectivity index (χ1n) is 7.55. The minimum Gasteiger partial charge on any atom is -0.481 e. The molecule has 0 bridgehead atoms. The highest BCUT2D eigenvalue weighted by molar-refractivity contribution is 9.10. The third-order valence-corrected chi connectivity index (χ3v) is 4.45. The predicted octanol–water partition coefficient (Wildman–Crippen LogP) is 4.37. The second-order valence-corrected chi connectivity index (χ2v) is 6.93. The number of hydrogen-bond donors (Lipinski definition) is 1. The minimum atomic E-state index is -0.103. The Labute approximate surface area is 155 Å². The molecule has 0 radical (unpaired) electrons. The van der Waals surface area contributed by atoms with Crippen LogP contribution in [-0.4, -0.2) is 24.8 Å². The monoisotopic (exact) mass is 403 g/mol. The summed E-state index contributed by atoms with van der Waals surface area (Å²) in [7, 11) is 0. The summed E-state index contributed by atoms with van der Waals surface area (Å²) in [6.07, 6.45) is 0. The Morgan fingerprint density at radius 2 is 2.04 bits per heavy atom. The molecule has 2 aromatic rings.